The smallest absolute Gasteiger partial charge is 0.321 e. The number of aryl methyl sites for hydroxylation is 1. The van der Waals surface area contributed by atoms with Crippen LogP contribution in [0.3, 0.4) is 0 Å². The van der Waals surface area contributed by atoms with E-state index < -0.39 is 0 Å². The van der Waals surface area contributed by atoms with Gasteiger partial charge in [-0.05, 0) is 49.1 Å². The zero-order valence-corrected chi connectivity index (χ0v) is 16.7. The van der Waals surface area contributed by atoms with Gasteiger partial charge in [0.15, 0.2) is 0 Å². The highest BCUT2D eigenvalue weighted by molar-refractivity contribution is 6.42. The summed E-state index contributed by atoms with van der Waals surface area (Å²) in [5, 5.41) is 6.67. The first-order valence-corrected chi connectivity index (χ1v) is 9.47. The molecule has 2 aromatic rings. The number of hydrogen-bond acceptors (Lipinski definition) is 2. The van der Waals surface area contributed by atoms with Gasteiger partial charge < -0.3 is 15.5 Å². The zero-order chi connectivity index (χ0) is 19.6. The van der Waals surface area contributed by atoms with Gasteiger partial charge in [-0.2, -0.15) is 0 Å². The quantitative estimate of drug-likeness (QED) is 0.707. The molecular weight excluding hydrogens is 385 g/mol. The molecule has 0 aromatic heterocycles. The first-order valence-electron chi connectivity index (χ1n) is 8.71. The SMILES string of the molecule is Cc1ccc(NC(=O)C2CC2)cc1NC(=O)N(C)Cc1cccc(Cl)c1Cl. The summed E-state index contributed by atoms with van der Waals surface area (Å²) in [6.07, 6.45) is 1.89. The molecule has 0 radical (unpaired) electrons. The van der Waals surface area contributed by atoms with Crippen LogP contribution in [0.5, 0.6) is 0 Å². The number of nitrogens with zero attached hydrogens (tertiary/aromatic N) is 1. The van der Waals surface area contributed by atoms with Crippen LogP contribution >= 0.6 is 23.2 Å². The summed E-state index contributed by atoms with van der Waals surface area (Å²) in [5.41, 5.74) is 3.00. The van der Waals surface area contributed by atoms with Gasteiger partial charge in [0, 0.05) is 30.9 Å². The molecule has 142 valence electrons. The van der Waals surface area contributed by atoms with E-state index in [9.17, 15) is 9.59 Å². The number of halogens is 2. The Morgan fingerprint density at radius 3 is 2.59 bits per heavy atom. The van der Waals surface area contributed by atoms with Crippen LogP contribution in [0, 0.1) is 12.8 Å². The summed E-state index contributed by atoms with van der Waals surface area (Å²) in [6, 6.07) is 10.5. The molecule has 1 aliphatic carbocycles. The molecule has 0 spiro atoms. The number of nitrogens with one attached hydrogen (secondary N) is 2. The number of urea groups is 1. The van der Waals surface area contributed by atoms with Crippen LogP contribution in [-0.2, 0) is 11.3 Å². The summed E-state index contributed by atoms with van der Waals surface area (Å²) >= 11 is 12.2. The Hall–Kier alpha value is -2.24. The van der Waals surface area contributed by atoms with E-state index in [-0.39, 0.29) is 17.9 Å². The second-order valence-corrected chi connectivity index (χ2v) is 7.58. The van der Waals surface area contributed by atoms with E-state index in [1.807, 2.05) is 25.1 Å². The average Bonchev–Trinajstić information content (AvgIpc) is 3.47. The van der Waals surface area contributed by atoms with Crippen molar-refractivity contribution in [2.45, 2.75) is 26.3 Å². The van der Waals surface area contributed by atoms with Gasteiger partial charge in [-0.1, -0.05) is 41.4 Å². The van der Waals surface area contributed by atoms with Crippen molar-refractivity contribution in [2.75, 3.05) is 17.7 Å². The van der Waals surface area contributed by atoms with Gasteiger partial charge in [-0.3, -0.25) is 4.79 Å². The minimum atomic E-state index is -0.278. The van der Waals surface area contributed by atoms with Crippen molar-refractivity contribution in [3.8, 4) is 0 Å². The molecular formula is C20H21Cl2N3O2. The largest absolute Gasteiger partial charge is 0.326 e. The van der Waals surface area contributed by atoms with E-state index >= 15 is 0 Å². The van der Waals surface area contributed by atoms with Crippen LogP contribution in [-0.4, -0.2) is 23.9 Å². The number of amides is 3. The third-order valence-corrected chi connectivity index (χ3v) is 5.34. The van der Waals surface area contributed by atoms with Crippen LogP contribution in [0.4, 0.5) is 16.2 Å². The van der Waals surface area contributed by atoms with Gasteiger partial charge in [0.25, 0.3) is 0 Å². The molecule has 0 aliphatic heterocycles. The second kappa shape index (κ2) is 8.19. The van der Waals surface area contributed by atoms with Gasteiger partial charge in [0.2, 0.25) is 5.91 Å². The van der Waals surface area contributed by atoms with Crippen LogP contribution in [0.1, 0.15) is 24.0 Å². The summed E-state index contributed by atoms with van der Waals surface area (Å²) in [4.78, 5) is 26.0. The molecule has 7 heteroatoms. The average molecular weight is 406 g/mol. The predicted octanol–water partition coefficient (Wildman–Crippen LogP) is 5.31. The molecule has 0 atom stereocenters. The van der Waals surface area contributed by atoms with Crippen LogP contribution in [0.25, 0.3) is 0 Å². The summed E-state index contributed by atoms with van der Waals surface area (Å²) in [7, 11) is 1.68. The minimum absolute atomic E-state index is 0.0313. The summed E-state index contributed by atoms with van der Waals surface area (Å²) < 4.78 is 0. The highest BCUT2D eigenvalue weighted by atomic mass is 35.5. The van der Waals surface area contributed by atoms with Gasteiger partial charge in [0.05, 0.1) is 10.0 Å². The fourth-order valence-corrected chi connectivity index (χ4v) is 3.01. The Bertz CT molecular complexity index is 882. The van der Waals surface area contributed by atoms with E-state index in [0.717, 1.165) is 24.0 Å². The fraction of sp³-hybridized carbons (Fsp3) is 0.300. The number of hydrogen-bond donors (Lipinski definition) is 2. The highest BCUT2D eigenvalue weighted by Crippen LogP contribution is 2.31. The predicted molar refractivity (Wildman–Crippen MR) is 109 cm³/mol. The van der Waals surface area contributed by atoms with Crippen molar-refractivity contribution >= 4 is 46.5 Å². The Morgan fingerprint density at radius 2 is 1.89 bits per heavy atom. The Kier molecular flexibility index (Phi) is 5.92. The standard InChI is InChI=1S/C20H21Cl2N3O2/c1-12-6-9-15(23-19(26)13-7-8-13)10-17(12)24-20(27)25(2)11-14-4-3-5-16(21)18(14)22/h3-6,9-10,13H,7-8,11H2,1-2H3,(H,23,26)(H,24,27). The van der Waals surface area contributed by atoms with Crippen LogP contribution in [0.2, 0.25) is 10.0 Å². The van der Waals surface area contributed by atoms with Crippen molar-refractivity contribution in [3.63, 3.8) is 0 Å². The van der Waals surface area contributed by atoms with Crippen LogP contribution < -0.4 is 10.6 Å². The molecule has 3 rings (SSSR count). The molecule has 2 aromatic carbocycles. The Balaban J connectivity index is 1.67. The molecule has 1 saturated carbocycles. The lowest BCUT2D eigenvalue weighted by atomic mass is 10.1. The molecule has 0 bridgehead atoms. The van der Waals surface area contributed by atoms with Gasteiger partial charge in [-0.15, -0.1) is 0 Å². The second-order valence-electron chi connectivity index (χ2n) is 6.79. The molecule has 0 saturated heterocycles. The third kappa shape index (κ3) is 4.93. The molecule has 3 amide bonds. The minimum Gasteiger partial charge on any atom is -0.326 e. The summed E-state index contributed by atoms with van der Waals surface area (Å²) in [6.45, 7) is 2.22. The Morgan fingerprint density at radius 1 is 1.15 bits per heavy atom. The molecule has 1 fully saturated rings. The monoisotopic (exact) mass is 405 g/mol. The molecule has 0 unspecified atom stereocenters. The van der Waals surface area contributed by atoms with E-state index in [1.54, 1.807) is 25.2 Å². The van der Waals surface area contributed by atoms with Gasteiger partial charge in [-0.25, -0.2) is 4.79 Å². The van der Waals surface area contributed by atoms with E-state index in [0.29, 0.717) is 28.0 Å². The molecule has 5 nitrogen and oxygen atoms in total. The third-order valence-electron chi connectivity index (χ3n) is 4.48. The lowest BCUT2D eigenvalue weighted by molar-refractivity contribution is -0.117. The topological polar surface area (TPSA) is 61.4 Å². The van der Waals surface area contributed by atoms with Crippen molar-refractivity contribution in [3.05, 3.63) is 57.6 Å². The lowest BCUT2D eigenvalue weighted by Gasteiger charge is -2.20. The maximum atomic E-state index is 12.6. The molecule has 0 heterocycles. The first-order chi connectivity index (χ1) is 12.8. The molecule has 1 aliphatic rings. The number of benzene rings is 2. The lowest BCUT2D eigenvalue weighted by Crippen LogP contribution is -2.31. The van der Waals surface area contributed by atoms with Crippen LogP contribution in [0.15, 0.2) is 36.4 Å². The van der Waals surface area contributed by atoms with Crippen molar-refractivity contribution in [1.82, 2.24) is 4.90 Å². The summed E-state index contributed by atoms with van der Waals surface area (Å²) in [5.74, 6) is 0.154. The highest BCUT2D eigenvalue weighted by Gasteiger charge is 2.29. The van der Waals surface area contributed by atoms with Crippen molar-refractivity contribution in [1.29, 1.82) is 0 Å². The normalized spacial score (nSPS) is 13.2. The number of carbonyl (C=O) groups is 2. The molecule has 27 heavy (non-hydrogen) atoms. The molecule has 2 N–H and O–H groups in total. The fourth-order valence-electron chi connectivity index (χ4n) is 2.63. The number of rotatable bonds is 5. The van der Waals surface area contributed by atoms with E-state index in [4.69, 9.17) is 23.2 Å². The first kappa shape index (κ1) is 19.5. The number of anilines is 2. The maximum absolute atomic E-state index is 12.6. The van der Waals surface area contributed by atoms with Gasteiger partial charge >= 0.3 is 6.03 Å². The van der Waals surface area contributed by atoms with Crippen molar-refractivity contribution < 1.29 is 9.59 Å². The maximum Gasteiger partial charge on any atom is 0.321 e. The number of carbonyl (C=O) groups excluding carboxylic acids is 2. The Labute approximate surface area is 168 Å². The van der Waals surface area contributed by atoms with Crippen molar-refractivity contribution in [2.24, 2.45) is 5.92 Å². The van der Waals surface area contributed by atoms with E-state index in [2.05, 4.69) is 10.6 Å². The van der Waals surface area contributed by atoms with E-state index in [1.165, 1.54) is 4.90 Å². The van der Waals surface area contributed by atoms with Gasteiger partial charge in [0.1, 0.15) is 0 Å². The zero-order valence-electron chi connectivity index (χ0n) is 15.2.